The zero-order valence-corrected chi connectivity index (χ0v) is 15.5. The zero-order chi connectivity index (χ0) is 17.8. The van der Waals surface area contributed by atoms with Crippen LogP contribution in [0.1, 0.15) is 16.1 Å². The Morgan fingerprint density at radius 3 is 2.72 bits per heavy atom. The lowest BCUT2D eigenvalue weighted by Crippen LogP contribution is -2.26. The number of thiazole rings is 1. The Hall–Kier alpha value is -2.37. The standard InChI is InChI=1S/C19H17ClN2O2S/c1-22(11-14-10-15(20)8-9-17(14)24-2)19(23)16-12-25-18(21-16)13-6-4-3-5-7-13/h3-10,12H,11H2,1-2H3. The number of benzene rings is 2. The number of nitrogens with zero attached hydrogens (tertiary/aromatic N) is 2. The summed E-state index contributed by atoms with van der Waals surface area (Å²) in [4.78, 5) is 18.8. The number of amides is 1. The minimum absolute atomic E-state index is 0.138. The molecule has 0 N–H and O–H groups in total. The Bertz CT molecular complexity index is 880. The van der Waals surface area contributed by atoms with Gasteiger partial charge < -0.3 is 9.64 Å². The van der Waals surface area contributed by atoms with E-state index in [2.05, 4.69) is 4.98 Å². The lowest BCUT2D eigenvalue weighted by molar-refractivity contribution is 0.0779. The zero-order valence-electron chi connectivity index (χ0n) is 13.9. The van der Waals surface area contributed by atoms with Gasteiger partial charge in [0.25, 0.3) is 5.91 Å². The highest BCUT2D eigenvalue weighted by atomic mass is 35.5. The van der Waals surface area contributed by atoms with E-state index in [1.165, 1.54) is 11.3 Å². The number of ether oxygens (including phenoxy) is 1. The molecule has 1 amide bonds. The number of carbonyl (C=O) groups is 1. The first kappa shape index (κ1) is 17.5. The van der Waals surface area contributed by atoms with Crippen LogP contribution in [0, 0.1) is 0 Å². The van der Waals surface area contributed by atoms with Crippen molar-refractivity contribution in [2.45, 2.75) is 6.54 Å². The van der Waals surface area contributed by atoms with Gasteiger partial charge in [0.15, 0.2) is 0 Å². The van der Waals surface area contributed by atoms with E-state index >= 15 is 0 Å². The molecule has 0 fully saturated rings. The highest BCUT2D eigenvalue weighted by Crippen LogP contribution is 2.26. The van der Waals surface area contributed by atoms with Crippen LogP contribution in [-0.2, 0) is 6.54 Å². The largest absolute Gasteiger partial charge is 0.496 e. The number of hydrogen-bond donors (Lipinski definition) is 0. The Morgan fingerprint density at radius 2 is 2.00 bits per heavy atom. The maximum atomic E-state index is 12.7. The van der Waals surface area contributed by atoms with Crippen LogP contribution in [0.15, 0.2) is 53.9 Å². The Balaban J connectivity index is 1.77. The van der Waals surface area contributed by atoms with E-state index in [9.17, 15) is 4.79 Å². The van der Waals surface area contributed by atoms with E-state index < -0.39 is 0 Å². The van der Waals surface area contributed by atoms with Gasteiger partial charge in [-0.3, -0.25) is 4.79 Å². The third-order valence-electron chi connectivity index (χ3n) is 3.74. The summed E-state index contributed by atoms with van der Waals surface area (Å²) in [7, 11) is 3.34. The molecule has 0 atom stereocenters. The van der Waals surface area contributed by atoms with Gasteiger partial charge in [-0.1, -0.05) is 41.9 Å². The van der Waals surface area contributed by atoms with Crippen molar-refractivity contribution in [3.8, 4) is 16.3 Å². The molecule has 0 saturated carbocycles. The van der Waals surface area contributed by atoms with Crippen molar-refractivity contribution < 1.29 is 9.53 Å². The van der Waals surface area contributed by atoms with Crippen LogP contribution in [0.4, 0.5) is 0 Å². The predicted molar refractivity (Wildman–Crippen MR) is 101 cm³/mol. The molecular weight excluding hydrogens is 356 g/mol. The highest BCUT2D eigenvalue weighted by molar-refractivity contribution is 7.13. The average molecular weight is 373 g/mol. The maximum Gasteiger partial charge on any atom is 0.273 e. The molecule has 0 aliphatic rings. The summed E-state index contributed by atoms with van der Waals surface area (Å²) in [6.45, 7) is 0.390. The van der Waals surface area contributed by atoms with Crippen LogP contribution in [0.2, 0.25) is 5.02 Å². The number of hydrogen-bond acceptors (Lipinski definition) is 4. The summed E-state index contributed by atoms with van der Waals surface area (Å²) in [5.41, 5.74) is 2.29. The molecule has 0 aliphatic heterocycles. The van der Waals surface area contributed by atoms with Gasteiger partial charge in [-0.15, -0.1) is 11.3 Å². The lowest BCUT2D eigenvalue weighted by atomic mass is 10.2. The SMILES string of the molecule is COc1ccc(Cl)cc1CN(C)C(=O)c1csc(-c2ccccc2)n1. The van der Waals surface area contributed by atoms with Crippen molar-refractivity contribution in [1.29, 1.82) is 0 Å². The van der Waals surface area contributed by atoms with Crippen LogP contribution in [0.25, 0.3) is 10.6 Å². The van der Waals surface area contributed by atoms with Gasteiger partial charge in [-0.25, -0.2) is 4.98 Å². The van der Waals surface area contributed by atoms with E-state index in [0.29, 0.717) is 23.0 Å². The minimum Gasteiger partial charge on any atom is -0.496 e. The first-order chi connectivity index (χ1) is 12.1. The number of rotatable bonds is 5. The van der Waals surface area contributed by atoms with Crippen molar-refractivity contribution in [3.05, 3.63) is 70.2 Å². The maximum absolute atomic E-state index is 12.7. The van der Waals surface area contributed by atoms with E-state index in [0.717, 1.165) is 16.1 Å². The second-order valence-corrected chi connectivity index (χ2v) is 6.82. The molecule has 0 unspecified atom stereocenters. The topological polar surface area (TPSA) is 42.4 Å². The molecule has 1 heterocycles. The molecular formula is C19H17ClN2O2S. The molecule has 0 spiro atoms. The van der Waals surface area contributed by atoms with Gasteiger partial charge in [-0.05, 0) is 18.2 Å². The minimum atomic E-state index is -0.138. The van der Waals surface area contributed by atoms with Crippen LogP contribution in [0.3, 0.4) is 0 Å². The number of aromatic nitrogens is 1. The Morgan fingerprint density at radius 1 is 1.24 bits per heavy atom. The number of methoxy groups -OCH3 is 1. The quantitative estimate of drug-likeness (QED) is 0.649. The predicted octanol–water partition coefficient (Wildman–Crippen LogP) is 4.74. The summed E-state index contributed by atoms with van der Waals surface area (Å²) in [5.74, 6) is 0.563. The fourth-order valence-corrected chi connectivity index (χ4v) is 3.47. The molecule has 25 heavy (non-hydrogen) atoms. The fourth-order valence-electron chi connectivity index (χ4n) is 2.48. The van der Waals surface area contributed by atoms with Gasteiger partial charge in [0.1, 0.15) is 16.5 Å². The molecule has 1 aromatic heterocycles. The molecule has 2 aromatic carbocycles. The van der Waals surface area contributed by atoms with Gasteiger partial charge >= 0.3 is 0 Å². The summed E-state index contributed by atoms with van der Waals surface area (Å²) in [5, 5.41) is 3.23. The fraction of sp³-hybridized carbons (Fsp3) is 0.158. The van der Waals surface area contributed by atoms with E-state index in [1.54, 1.807) is 42.6 Å². The molecule has 6 heteroatoms. The van der Waals surface area contributed by atoms with E-state index in [4.69, 9.17) is 16.3 Å². The monoisotopic (exact) mass is 372 g/mol. The van der Waals surface area contributed by atoms with Crippen LogP contribution in [-0.4, -0.2) is 29.9 Å². The Labute approximate surface area is 155 Å². The van der Waals surface area contributed by atoms with Crippen molar-refractivity contribution in [2.75, 3.05) is 14.2 Å². The van der Waals surface area contributed by atoms with Gasteiger partial charge in [0, 0.05) is 35.1 Å². The molecule has 3 aromatic rings. The van der Waals surface area contributed by atoms with Crippen molar-refractivity contribution in [1.82, 2.24) is 9.88 Å². The third kappa shape index (κ3) is 4.00. The van der Waals surface area contributed by atoms with Crippen LogP contribution >= 0.6 is 22.9 Å². The first-order valence-corrected chi connectivity index (χ1v) is 8.93. The smallest absolute Gasteiger partial charge is 0.273 e. The summed E-state index contributed by atoms with van der Waals surface area (Å²) >= 11 is 7.52. The van der Waals surface area contributed by atoms with Crippen LogP contribution < -0.4 is 4.74 Å². The molecule has 3 rings (SSSR count). The molecule has 0 saturated heterocycles. The third-order valence-corrected chi connectivity index (χ3v) is 4.87. The summed E-state index contributed by atoms with van der Waals surface area (Å²) in [6.07, 6.45) is 0. The lowest BCUT2D eigenvalue weighted by Gasteiger charge is -2.18. The van der Waals surface area contributed by atoms with E-state index in [1.807, 2.05) is 30.3 Å². The second-order valence-electron chi connectivity index (χ2n) is 5.52. The number of carbonyl (C=O) groups excluding carboxylic acids is 1. The average Bonchev–Trinajstić information content (AvgIpc) is 3.12. The summed E-state index contributed by atoms with van der Waals surface area (Å²) < 4.78 is 5.34. The number of halogens is 1. The molecule has 0 aliphatic carbocycles. The van der Waals surface area contributed by atoms with E-state index in [-0.39, 0.29) is 5.91 Å². The van der Waals surface area contributed by atoms with Crippen molar-refractivity contribution in [2.24, 2.45) is 0 Å². The van der Waals surface area contributed by atoms with Gasteiger partial charge in [-0.2, -0.15) is 0 Å². The Kier molecular flexibility index (Phi) is 5.36. The molecule has 0 radical (unpaired) electrons. The second kappa shape index (κ2) is 7.68. The van der Waals surface area contributed by atoms with Crippen LogP contribution in [0.5, 0.6) is 5.75 Å². The van der Waals surface area contributed by atoms with Crippen molar-refractivity contribution in [3.63, 3.8) is 0 Å². The molecule has 128 valence electrons. The van der Waals surface area contributed by atoms with Gasteiger partial charge in [0.05, 0.1) is 7.11 Å². The summed E-state index contributed by atoms with van der Waals surface area (Å²) in [6, 6.07) is 15.2. The molecule has 4 nitrogen and oxygen atoms in total. The normalized spacial score (nSPS) is 10.5. The molecule has 0 bridgehead atoms. The first-order valence-electron chi connectivity index (χ1n) is 7.67. The highest BCUT2D eigenvalue weighted by Gasteiger charge is 2.18. The van der Waals surface area contributed by atoms with Gasteiger partial charge in [0.2, 0.25) is 0 Å². The van der Waals surface area contributed by atoms with Crippen molar-refractivity contribution >= 4 is 28.8 Å².